The Morgan fingerprint density at radius 2 is 2.00 bits per heavy atom. The number of carbonyl (C=O) groups is 1. The van der Waals surface area contributed by atoms with Gasteiger partial charge in [0.25, 0.3) is 0 Å². The van der Waals surface area contributed by atoms with Crippen LogP contribution in [0.1, 0.15) is 33.5 Å². The van der Waals surface area contributed by atoms with Crippen molar-refractivity contribution in [1.82, 2.24) is 0 Å². The SMILES string of the molecule is Cc1ccc(C(N)=O)c2c1CCC2. The predicted molar refractivity (Wildman–Crippen MR) is 51.7 cm³/mol. The Bertz CT molecular complexity index is 369. The van der Waals surface area contributed by atoms with Gasteiger partial charge in [-0.1, -0.05) is 6.07 Å². The van der Waals surface area contributed by atoms with Crippen molar-refractivity contribution in [3.63, 3.8) is 0 Å². The van der Waals surface area contributed by atoms with Crippen LogP contribution in [-0.4, -0.2) is 5.91 Å². The van der Waals surface area contributed by atoms with Crippen LogP contribution in [0.4, 0.5) is 0 Å². The quantitative estimate of drug-likeness (QED) is 0.692. The lowest BCUT2D eigenvalue weighted by Gasteiger charge is -2.07. The van der Waals surface area contributed by atoms with Gasteiger partial charge in [-0.15, -0.1) is 0 Å². The maximum Gasteiger partial charge on any atom is 0.248 e. The summed E-state index contributed by atoms with van der Waals surface area (Å²) in [6.07, 6.45) is 3.26. The van der Waals surface area contributed by atoms with Crippen LogP contribution in [0.25, 0.3) is 0 Å². The van der Waals surface area contributed by atoms with Crippen molar-refractivity contribution in [3.05, 3.63) is 34.4 Å². The Morgan fingerprint density at radius 1 is 1.31 bits per heavy atom. The number of carbonyl (C=O) groups excluding carboxylic acids is 1. The molecule has 1 aliphatic rings. The van der Waals surface area contributed by atoms with Gasteiger partial charge in [0.2, 0.25) is 5.91 Å². The van der Waals surface area contributed by atoms with Crippen molar-refractivity contribution >= 4 is 5.91 Å². The van der Waals surface area contributed by atoms with Crippen LogP contribution in [-0.2, 0) is 12.8 Å². The molecule has 0 bridgehead atoms. The third-order valence-electron chi connectivity index (χ3n) is 2.78. The highest BCUT2D eigenvalue weighted by Gasteiger charge is 2.18. The van der Waals surface area contributed by atoms with Gasteiger partial charge in [0.1, 0.15) is 0 Å². The molecule has 1 aliphatic carbocycles. The van der Waals surface area contributed by atoms with Crippen LogP contribution in [0.5, 0.6) is 0 Å². The van der Waals surface area contributed by atoms with Crippen LogP contribution in [0.2, 0.25) is 0 Å². The topological polar surface area (TPSA) is 43.1 Å². The molecule has 2 N–H and O–H groups in total. The zero-order chi connectivity index (χ0) is 9.42. The first kappa shape index (κ1) is 8.30. The van der Waals surface area contributed by atoms with Crippen LogP contribution >= 0.6 is 0 Å². The van der Waals surface area contributed by atoms with Gasteiger partial charge in [0.05, 0.1) is 0 Å². The third kappa shape index (κ3) is 1.22. The summed E-state index contributed by atoms with van der Waals surface area (Å²) < 4.78 is 0. The predicted octanol–water partition coefficient (Wildman–Crippen LogP) is 1.58. The van der Waals surface area contributed by atoms with E-state index in [9.17, 15) is 4.79 Å². The molecule has 2 heteroatoms. The van der Waals surface area contributed by atoms with Gasteiger partial charge in [-0.25, -0.2) is 0 Å². The van der Waals surface area contributed by atoms with Gasteiger partial charge in [0, 0.05) is 5.56 Å². The summed E-state index contributed by atoms with van der Waals surface area (Å²) in [5.41, 5.74) is 9.84. The molecule has 0 saturated heterocycles. The van der Waals surface area contributed by atoms with E-state index in [1.54, 1.807) is 0 Å². The molecule has 0 unspecified atom stereocenters. The molecule has 0 radical (unpaired) electrons. The van der Waals surface area contributed by atoms with E-state index >= 15 is 0 Å². The van der Waals surface area contributed by atoms with Crippen molar-refractivity contribution in [2.75, 3.05) is 0 Å². The Kier molecular flexibility index (Phi) is 1.83. The molecule has 1 amide bonds. The Morgan fingerprint density at radius 3 is 2.69 bits per heavy atom. The zero-order valence-electron chi connectivity index (χ0n) is 7.76. The first-order valence-electron chi connectivity index (χ1n) is 4.61. The van der Waals surface area contributed by atoms with Crippen molar-refractivity contribution in [2.45, 2.75) is 26.2 Å². The average Bonchev–Trinajstić information content (AvgIpc) is 2.53. The molecule has 0 saturated carbocycles. The fourth-order valence-corrected chi connectivity index (χ4v) is 2.12. The second-order valence-electron chi connectivity index (χ2n) is 3.60. The van der Waals surface area contributed by atoms with E-state index < -0.39 is 0 Å². The standard InChI is InChI=1S/C11H13NO/c1-7-5-6-10(11(12)13)9-4-2-3-8(7)9/h5-6H,2-4H2,1H3,(H2,12,13). The van der Waals surface area contributed by atoms with Gasteiger partial charge in [-0.2, -0.15) is 0 Å². The van der Waals surface area contributed by atoms with Gasteiger partial charge in [0.15, 0.2) is 0 Å². The molecule has 2 rings (SSSR count). The minimum Gasteiger partial charge on any atom is -0.366 e. The van der Waals surface area contributed by atoms with Crippen LogP contribution in [0.15, 0.2) is 12.1 Å². The number of fused-ring (bicyclic) bond motifs is 1. The highest BCUT2D eigenvalue weighted by Crippen LogP contribution is 2.27. The van der Waals surface area contributed by atoms with Gasteiger partial charge in [-0.05, 0) is 48.9 Å². The lowest BCUT2D eigenvalue weighted by Crippen LogP contribution is -2.13. The van der Waals surface area contributed by atoms with Crippen LogP contribution < -0.4 is 5.73 Å². The van der Waals surface area contributed by atoms with Crippen molar-refractivity contribution in [2.24, 2.45) is 5.73 Å². The lowest BCUT2D eigenvalue weighted by atomic mass is 9.99. The van der Waals surface area contributed by atoms with E-state index in [0.29, 0.717) is 0 Å². The van der Waals surface area contributed by atoms with E-state index in [0.717, 1.165) is 24.8 Å². The number of primary amides is 1. The number of hydrogen-bond acceptors (Lipinski definition) is 1. The highest BCUT2D eigenvalue weighted by molar-refractivity contribution is 5.95. The minimum absolute atomic E-state index is 0.293. The average molecular weight is 175 g/mol. The third-order valence-corrected chi connectivity index (χ3v) is 2.78. The number of benzene rings is 1. The van der Waals surface area contributed by atoms with Gasteiger partial charge >= 0.3 is 0 Å². The highest BCUT2D eigenvalue weighted by atomic mass is 16.1. The molecule has 68 valence electrons. The number of aryl methyl sites for hydroxylation is 1. The molecule has 0 atom stereocenters. The normalized spacial score (nSPS) is 14.2. The van der Waals surface area contributed by atoms with E-state index in [4.69, 9.17) is 5.73 Å². The van der Waals surface area contributed by atoms with Gasteiger partial charge in [-0.3, -0.25) is 4.79 Å². The molecule has 0 aromatic heterocycles. The summed E-state index contributed by atoms with van der Waals surface area (Å²) in [7, 11) is 0. The van der Waals surface area contributed by atoms with Crippen LogP contribution in [0, 0.1) is 6.92 Å². The molecule has 13 heavy (non-hydrogen) atoms. The Labute approximate surface area is 77.8 Å². The first-order chi connectivity index (χ1) is 6.20. The smallest absolute Gasteiger partial charge is 0.248 e. The molecule has 2 nitrogen and oxygen atoms in total. The maximum atomic E-state index is 11.1. The number of hydrogen-bond donors (Lipinski definition) is 1. The molecular weight excluding hydrogens is 162 g/mol. The fraction of sp³-hybridized carbons (Fsp3) is 0.364. The molecule has 0 fully saturated rings. The molecule has 0 spiro atoms. The summed E-state index contributed by atoms with van der Waals surface area (Å²) in [6, 6.07) is 3.84. The largest absolute Gasteiger partial charge is 0.366 e. The first-order valence-corrected chi connectivity index (χ1v) is 4.61. The number of amides is 1. The van der Waals surface area contributed by atoms with Crippen LogP contribution in [0.3, 0.4) is 0 Å². The van der Waals surface area contributed by atoms with E-state index in [-0.39, 0.29) is 5.91 Å². The summed E-state index contributed by atoms with van der Waals surface area (Å²) in [4.78, 5) is 11.1. The Hall–Kier alpha value is -1.31. The summed E-state index contributed by atoms with van der Waals surface area (Å²) in [5, 5.41) is 0. The fourth-order valence-electron chi connectivity index (χ4n) is 2.12. The van der Waals surface area contributed by atoms with Gasteiger partial charge < -0.3 is 5.73 Å². The summed E-state index contributed by atoms with van der Waals surface area (Å²) in [5.74, 6) is -0.293. The molecule has 0 aliphatic heterocycles. The molecule has 0 heterocycles. The van der Waals surface area contributed by atoms with E-state index in [1.165, 1.54) is 16.7 Å². The minimum atomic E-state index is -0.293. The lowest BCUT2D eigenvalue weighted by molar-refractivity contribution is 0.0999. The van der Waals surface area contributed by atoms with Crippen molar-refractivity contribution < 1.29 is 4.79 Å². The van der Waals surface area contributed by atoms with E-state index in [2.05, 4.69) is 6.92 Å². The summed E-state index contributed by atoms with van der Waals surface area (Å²) >= 11 is 0. The number of rotatable bonds is 1. The molecule has 1 aromatic rings. The second-order valence-corrected chi connectivity index (χ2v) is 3.60. The second kappa shape index (κ2) is 2.87. The summed E-state index contributed by atoms with van der Waals surface area (Å²) in [6.45, 7) is 2.09. The zero-order valence-corrected chi connectivity index (χ0v) is 7.76. The Balaban J connectivity index is 2.62. The van der Waals surface area contributed by atoms with Crippen molar-refractivity contribution in [1.29, 1.82) is 0 Å². The monoisotopic (exact) mass is 175 g/mol. The number of nitrogens with two attached hydrogens (primary N) is 1. The maximum absolute atomic E-state index is 11.1. The van der Waals surface area contributed by atoms with E-state index in [1.807, 2.05) is 12.1 Å². The molecular formula is C11H13NO. The molecule has 1 aromatic carbocycles. The van der Waals surface area contributed by atoms with Crippen molar-refractivity contribution in [3.8, 4) is 0 Å².